The van der Waals surface area contributed by atoms with Crippen LogP contribution in [-0.4, -0.2) is 52.5 Å². The minimum absolute atomic E-state index is 0.0331. The van der Waals surface area contributed by atoms with Crippen molar-refractivity contribution in [3.63, 3.8) is 0 Å². The Morgan fingerprint density at radius 3 is 2.44 bits per heavy atom. The normalized spacial score (nSPS) is 22.4. The first-order valence-corrected chi connectivity index (χ1v) is 9.66. The molecule has 0 aromatic heterocycles. The fourth-order valence-corrected chi connectivity index (χ4v) is 4.75. The highest BCUT2D eigenvalue weighted by molar-refractivity contribution is 5.83. The van der Waals surface area contributed by atoms with Gasteiger partial charge in [0.05, 0.1) is 0 Å². The molecular formula is C22H26N2O3. The molecule has 2 aromatic carbocycles. The first-order valence-electron chi connectivity index (χ1n) is 9.66. The summed E-state index contributed by atoms with van der Waals surface area (Å²) in [5.74, 6) is -1.00. The monoisotopic (exact) mass is 366 g/mol. The lowest BCUT2D eigenvalue weighted by molar-refractivity contribution is -0.147. The van der Waals surface area contributed by atoms with E-state index in [2.05, 4.69) is 47.4 Å². The Morgan fingerprint density at radius 2 is 1.81 bits per heavy atom. The SMILES string of the molecule is CC(=O)N1CC2(CCN(Cc3ccc4ccccc4c3)CC2)CC1C(=O)O. The lowest BCUT2D eigenvalue weighted by Gasteiger charge is -2.39. The molecule has 5 nitrogen and oxygen atoms in total. The average Bonchev–Trinajstić information content (AvgIpc) is 3.04. The molecule has 27 heavy (non-hydrogen) atoms. The quantitative estimate of drug-likeness (QED) is 0.907. The second-order valence-corrected chi connectivity index (χ2v) is 8.16. The molecule has 5 heteroatoms. The number of carboxylic acid groups (broad SMARTS) is 1. The fourth-order valence-electron chi connectivity index (χ4n) is 4.75. The van der Waals surface area contributed by atoms with Crippen LogP contribution in [0.3, 0.4) is 0 Å². The maximum Gasteiger partial charge on any atom is 0.326 e. The molecule has 1 spiro atoms. The molecule has 2 aliphatic rings. The number of amides is 1. The Labute approximate surface area is 159 Å². The molecule has 0 bridgehead atoms. The van der Waals surface area contributed by atoms with Crippen LogP contribution in [0, 0.1) is 5.41 Å². The summed E-state index contributed by atoms with van der Waals surface area (Å²) in [6, 6.07) is 14.4. The Bertz CT molecular complexity index is 847. The minimum Gasteiger partial charge on any atom is -0.480 e. The van der Waals surface area contributed by atoms with Crippen LogP contribution in [-0.2, 0) is 16.1 Å². The number of fused-ring (bicyclic) bond motifs is 1. The first kappa shape index (κ1) is 18.0. The Balaban J connectivity index is 1.41. The summed E-state index contributed by atoms with van der Waals surface area (Å²) in [5, 5.41) is 12.0. The topological polar surface area (TPSA) is 60.9 Å². The molecule has 1 amide bonds. The number of hydrogen-bond acceptors (Lipinski definition) is 3. The van der Waals surface area contributed by atoms with E-state index in [9.17, 15) is 14.7 Å². The summed E-state index contributed by atoms with van der Waals surface area (Å²) in [6.07, 6.45) is 2.49. The van der Waals surface area contributed by atoms with Gasteiger partial charge in [0.1, 0.15) is 6.04 Å². The summed E-state index contributed by atoms with van der Waals surface area (Å²) in [7, 11) is 0. The van der Waals surface area contributed by atoms with E-state index < -0.39 is 12.0 Å². The maximum atomic E-state index is 11.9. The summed E-state index contributed by atoms with van der Waals surface area (Å²) >= 11 is 0. The molecule has 2 aromatic rings. The van der Waals surface area contributed by atoms with Gasteiger partial charge in [0.15, 0.2) is 0 Å². The van der Waals surface area contributed by atoms with E-state index in [1.165, 1.54) is 23.3 Å². The number of likely N-dealkylation sites (tertiary alicyclic amines) is 2. The standard InChI is InChI=1S/C22H26N2O3/c1-16(25)24-15-22(13-20(24)21(26)27)8-10-23(11-9-22)14-17-6-7-18-4-2-3-5-19(18)12-17/h2-7,12,20H,8-11,13-15H2,1H3,(H,26,27). The van der Waals surface area contributed by atoms with Crippen molar-refractivity contribution >= 4 is 22.6 Å². The van der Waals surface area contributed by atoms with Gasteiger partial charge in [0.25, 0.3) is 0 Å². The third kappa shape index (κ3) is 3.56. The zero-order valence-corrected chi connectivity index (χ0v) is 15.7. The first-order chi connectivity index (χ1) is 13.0. The van der Waals surface area contributed by atoms with Gasteiger partial charge < -0.3 is 10.0 Å². The lowest BCUT2D eigenvalue weighted by Crippen LogP contribution is -2.42. The van der Waals surface area contributed by atoms with Crippen LogP contribution < -0.4 is 0 Å². The van der Waals surface area contributed by atoms with Crippen molar-refractivity contribution in [2.45, 2.75) is 38.8 Å². The molecule has 142 valence electrons. The molecule has 2 heterocycles. The highest BCUT2D eigenvalue weighted by Gasteiger charge is 2.48. The molecule has 0 aliphatic carbocycles. The summed E-state index contributed by atoms with van der Waals surface area (Å²) < 4.78 is 0. The van der Waals surface area contributed by atoms with E-state index in [-0.39, 0.29) is 11.3 Å². The summed E-state index contributed by atoms with van der Waals surface area (Å²) in [4.78, 5) is 27.4. The van der Waals surface area contributed by atoms with Crippen LogP contribution in [0.25, 0.3) is 10.8 Å². The number of nitrogens with zero attached hydrogens (tertiary/aromatic N) is 2. The van der Waals surface area contributed by atoms with Crippen LogP contribution >= 0.6 is 0 Å². The van der Waals surface area contributed by atoms with Gasteiger partial charge >= 0.3 is 5.97 Å². The van der Waals surface area contributed by atoms with Crippen molar-refractivity contribution in [3.8, 4) is 0 Å². The van der Waals surface area contributed by atoms with Crippen LogP contribution in [0.5, 0.6) is 0 Å². The van der Waals surface area contributed by atoms with Gasteiger partial charge in [-0.2, -0.15) is 0 Å². The second kappa shape index (κ2) is 6.97. The van der Waals surface area contributed by atoms with Crippen molar-refractivity contribution in [1.82, 2.24) is 9.80 Å². The number of carbonyl (C=O) groups is 2. The predicted molar refractivity (Wildman–Crippen MR) is 104 cm³/mol. The summed E-state index contributed by atoms with van der Waals surface area (Å²) in [6.45, 7) is 4.88. The second-order valence-electron chi connectivity index (χ2n) is 8.16. The zero-order valence-electron chi connectivity index (χ0n) is 15.7. The van der Waals surface area contributed by atoms with E-state index in [4.69, 9.17) is 0 Å². The van der Waals surface area contributed by atoms with Crippen LogP contribution in [0.2, 0.25) is 0 Å². The molecule has 0 radical (unpaired) electrons. The molecule has 2 aliphatic heterocycles. The van der Waals surface area contributed by atoms with Crippen molar-refractivity contribution in [2.24, 2.45) is 5.41 Å². The molecule has 0 saturated carbocycles. The number of benzene rings is 2. The van der Waals surface area contributed by atoms with Gasteiger partial charge in [0, 0.05) is 20.0 Å². The van der Waals surface area contributed by atoms with Crippen molar-refractivity contribution in [3.05, 3.63) is 48.0 Å². The van der Waals surface area contributed by atoms with Gasteiger partial charge in [-0.15, -0.1) is 0 Å². The number of hydrogen-bond donors (Lipinski definition) is 1. The maximum absolute atomic E-state index is 11.9. The van der Waals surface area contributed by atoms with Gasteiger partial charge in [-0.1, -0.05) is 36.4 Å². The van der Waals surface area contributed by atoms with Crippen molar-refractivity contribution in [2.75, 3.05) is 19.6 Å². The van der Waals surface area contributed by atoms with Crippen molar-refractivity contribution < 1.29 is 14.7 Å². The van der Waals surface area contributed by atoms with Crippen LogP contribution in [0.4, 0.5) is 0 Å². The minimum atomic E-state index is -0.874. The fraction of sp³-hybridized carbons (Fsp3) is 0.455. The highest BCUT2D eigenvalue weighted by atomic mass is 16.4. The van der Waals surface area contributed by atoms with E-state index in [0.717, 1.165) is 32.5 Å². The predicted octanol–water partition coefficient (Wildman–Crippen LogP) is 3.13. The number of carboxylic acids is 1. The van der Waals surface area contributed by atoms with Crippen LogP contribution in [0.1, 0.15) is 31.7 Å². The van der Waals surface area contributed by atoms with E-state index in [1.807, 2.05) is 0 Å². The number of aliphatic carboxylic acids is 1. The Kier molecular flexibility index (Phi) is 4.64. The van der Waals surface area contributed by atoms with Crippen LogP contribution in [0.15, 0.2) is 42.5 Å². The van der Waals surface area contributed by atoms with E-state index in [0.29, 0.717) is 13.0 Å². The van der Waals surface area contributed by atoms with Gasteiger partial charge in [0.2, 0.25) is 5.91 Å². The zero-order chi connectivity index (χ0) is 19.0. The smallest absolute Gasteiger partial charge is 0.326 e. The number of carbonyl (C=O) groups excluding carboxylic acids is 1. The lowest BCUT2D eigenvalue weighted by atomic mass is 9.76. The summed E-state index contributed by atoms with van der Waals surface area (Å²) in [5.41, 5.74) is 1.28. The highest BCUT2D eigenvalue weighted by Crippen LogP contribution is 2.43. The largest absolute Gasteiger partial charge is 0.480 e. The van der Waals surface area contributed by atoms with Gasteiger partial charge in [-0.3, -0.25) is 9.69 Å². The molecule has 2 fully saturated rings. The molecule has 4 rings (SSSR count). The molecular weight excluding hydrogens is 340 g/mol. The molecule has 1 N–H and O–H groups in total. The van der Waals surface area contributed by atoms with Gasteiger partial charge in [-0.25, -0.2) is 4.79 Å². The van der Waals surface area contributed by atoms with Crippen molar-refractivity contribution in [1.29, 1.82) is 0 Å². The third-order valence-corrected chi connectivity index (χ3v) is 6.33. The van der Waals surface area contributed by atoms with Gasteiger partial charge in [-0.05, 0) is 60.2 Å². The Hall–Kier alpha value is -2.40. The van der Waals surface area contributed by atoms with E-state index >= 15 is 0 Å². The average molecular weight is 366 g/mol. The molecule has 1 atom stereocenters. The number of piperidine rings is 1. The molecule has 1 unspecified atom stereocenters. The number of rotatable bonds is 3. The molecule has 2 saturated heterocycles. The van der Waals surface area contributed by atoms with E-state index in [1.54, 1.807) is 4.90 Å². The Morgan fingerprint density at radius 1 is 1.11 bits per heavy atom. The third-order valence-electron chi connectivity index (χ3n) is 6.33.